The smallest absolute Gasteiger partial charge is 0.172 e. The van der Waals surface area contributed by atoms with Crippen LogP contribution in [0.5, 0.6) is 0 Å². The van der Waals surface area contributed by atoms with Gasteiger partial charge >= 0.3 is 0 Å². The van der Waals surface area contributed by atoms with Crippen LogP contribution >= 0.6 is 11.8 Å². The highest BCUT2D eigenvalue weighted by molar-refractivity contribution is 7.99. The van der Waals surface area contributed by atoms with Crippen LogP contribution in [0, 0.1) is 6.92 Å². The Balaban J connectivity index is 1.87. The SMILES string of the molecule is CCNc1cncc(Sc2nc3ccc(C)cc3[nH]2)n1. The third kappa shape index (κ3) is 2.75. The summed E-state index contributed by atoms with van der Waals surface area (Å²) >= 11 is 1.48. The zero-order chi connectivity index (χ0) is 13.9. The van der Waals surface area contributed by atoms with Crippen molar-refractivity contribution in [2.24, 2.45) is 0 Å². The third-order valence-corrected chi connectivity index (χ3v) is 3.58. The molecule has 0 saturated heterocycles. The fourth-order valence-corrected chi connectivity index (χ4v) is 2.67. The molecule has 0 atom stereocenters. The number of hydrogen-bond donors (Lipinski definition) is 2. The molecular formula is C14H15N5S. The Labute approximate surface area is 121 Å². The number of benzene rings is 1. The number of hydrogen-bond acceptors (Lipinski definition) is 5. The lowest BCUT2D eigenvalue weighted by Crippen LogP contribution is -2.00. The summed E-state index contributed by atoms with van der Waals surface area (Å²) in [7, 11) is 0. The number of rotatable bonds is 4. The van der Waals surface area contributed by atoms with E-state index < -0.39 is 0 Å². The molecule has 0 fully saturated rings. The molecule has 0 spiro atoms. The van der Waals surface area contributed by atoms with Crippen molar-refractivity contribution < 1.29 is 0 Å². The van der Waals surface area contributed by atoms with Gasteiger partial charge in [0.1, 0.15) is 10.8 Å². The van der Waals surface area contributed by atoms with Crippen LogP contribution in [0.15, 0.2) is 40.8 Å². The average molecular weight is 285 g/mol. The fourth-order valence-electron chi connectivity index (χ4n) is 1.91. The van der Waals surface area contributed by atoms with Crippen molar-refractivity contribution in [1.29, 1.82) is 0 Å². The lowest BCUT2D eigenvalue weighted by atomic mass is 10.2. The van der Waals surface area contributed by atoms with Gasteiger partial charge in [0.25, 0.3) is 0 Å². The predicted octanol–water partition coefficient (Wildman–Crippen LogP) is 3.24. The molecule has 0 aliphatic rings. The zero-order valence-electron chi connectivity index (χ0n) is 11.3. The second-order valence-corrected chi connectivity index (χ2v) is 5.45. The molecule has 1 aromatic carbocycles. The number of aryl methyl sites for hydroxylation is 1. The lowest BCUT2D eigenvalue weighted by molar-refractivity contribution is 1.01. The van der Waals surface area contributed by atoms with Gasteiger partial charge in [0.15, 0.2) is 5.16 Å². The molecule has 102 valence electrons. The Hall–Kier alpha value is -2.08. The van der Waals surface area contributed by atoms with E-state index in [1.54, 1.807) is 12.4 Å². The van der Waals surface area contributed by atoms with Crippen LogP contribution in [-0.4, -0.2) is 26.5 Å². The minimum Gasteiger partial charge on any atom is -0.369 e. The summed E-state index contributed by atoms with van der Waals surface area (Å²) in [6.07, 6.45) is 3.46. The minimum atomic E-state index is 0.782. The third-order valence-electron chi connectivity index (χ3n) is 2.79. The van der Waals surface area contributed by atoms with Crippen LogP contribution in [0.25, 0.3) is 11.0 Å². The van der Waals surface area contributed by atoms with Gasteiger partial charge in [-0.25, -0.2) is 9.97 Å². The average Bonchev–Trinajstić information content (AvgIpc) is 2.81. The van der Waals surface area contributed by atoms with Crippen LogP contribution in [0.4, 0.5) is 5.82 Å². The number of anilines is 1. The summed E-state index contributed by atoms with van der Waals surface area (Å²) in [5.41, 5.74) is 3.23. The maximum Gasteiger partial charge on any atom is 0.172 e. The quantitative estimate of drug-likeness (QED) is 0.770. The Morgan fingerprint density at radius 2 is 2.15 bits per heavy atom. The van der Waals surface area contributed by atoms with Crippen molar-refractivity contribution in [3.63, 3.8) is 0 Å². The molecule has 2 aromatic heterocycles. The second kappa shape index (κ2) is 5.50. The Morgan fingerprint density at radius 3 is 3.00 bits per heavy atom. The van der Waals surface area contributed by atoms with Gasteiger partial charge in [-0.3, -0.25) is 4.98 Å². The number of imidazole rings is 1. The second-order valence-electron chi connectivity index (χ2n) is 4.44. The van der Waals surface area contributed by atoms with Gasteiger partial charge in [-0.05, 0) is 43.3 Å². The number of aromatic nitrogens is 4. The van der Waals surface area contributed by atoms with Crippen molar-refractivity contribution >= 4 is 28.6 Å². The summed E-state index contributed by atoms with van der Waals surface area (Å²) in [6, 6.07) is 6.17. The van der Waals surface area contributed by atoms with Crippen LogP contribution < -0.4 is 5.32 Å². The topological polar surface area (TPSA) is 66.5 Å². The fraction of sp³-hybridized carbons (Fsp3) is 0.214. The van der Waals surface area contributed by atoms with Crippen molar-refractivity contribution in [3.8, 4) is 0 Å². The normalized spacial score (nSPS) is 10.9. The number of H-pyrrole nitrogens is 1. The first-order valence-corrected chi connectivity index (χ1v) is 7.26. The van der Waals surface area contributed by atoms with Crippen LogP contribution in [0.2, 0.25) is 0 Å². The van der Waals surface area contributed by atoms with Gasteiger partial charge in [0, 0.05) is 6.54 Å². The molecule has 0 aliphatic heterocycles. The Bertz CT molecular complexity index is 737. The highest BCUT2D eigenvalue weighted by atomic mass is 32.2. The predicted molar refractivity (Wildman–Crippen MR) is 81.1 cm³/mol. The van der Waals surface area contributed by atoms with Crippen LogP contribution in [-0.2, 0) is 0 Å². The summed E-state index contributed by atoms with van der Waals surface area (Å²) < 4.78 is 0. The Morgan fingerprint density at radius 1 is 1.25 bits per heavy atom. The van der Waals surface area contributed by atoms with Gasteiger partial charge in [0.05, 0.1) is 23.4 Å². The molecule has 0 radical (unpaired) electrons. The van der Waals surface area contributed by atoms with Gasteiger partial charge in [0.2, 0.25) is 0 Å². The molecule has 3 aromatic rings. The summed E-state index contributed by atoms with van der Waals surface area (Å²) in [6.45, 7) is 4.92. The molecular weight excluding hydrogens is 270 g/mol. The van der Waals surface area contributed by atoms with E-state index in [-0.39, 0.29) is 0 Å². The van der Waals surface area contributed by atoms with Gasteiger partial charge in [-0.15, -0.1) is 0 Å². The van der Waals surface area contributed by atoms with Crippen LogP contribution in [0.1, 0.15) is 12.5 Å². The zero-order valence-corrected chi connectivity index (χ0v) is 12.2. The largest absolute Gasteiger partial charge is 0.369 e. The minimum absolute atomic E-state index is 0.782. The van der Waals surface area contributed by atoms with Gasteiger partial charge < -0.3 is 10.3 Å². The number of nitrogens with one attached hydrogen (secondary N) is 2. The summed E-state index contributed by atoms with van der Waals surface area (Å²) in [4.78, 5) is 16.5. The Kier molecular flexibility index (Phi) is 3.56. The number of nitrogens with zero attached hydrogens (tertiary/aromatic N) is 3. The summed E-state index contributed by atoms with van der Waals surface area (Å²) in [5, 5.41) is 4.80. The molecule has 2 N–H and O–H groups in total. The first kappa shape index (κ1) is 12.9. The molecule has 0 unspecified atom stereocenters. The van der Waals surface area contributed by atoms with Gasteiger partial charge in [-0.1, -0.05) is 6.07 Å². The van der Waals surface area contributed by atoms with Crippen LogP contribution in [0.3, 0.4) is 0 Å². The molecule has 0 bridgehead atoms. The number of fused-ring (bicyclic) bond motifs is 1. The van der Waals surface area contributed by atoms with Gasteiger partial charge in [-0.2, -0.15) is 0 Å². The van der Waals surface area contributed by atoms with E-state index in [1.807, 2.05) is 13.0 Å². The molecule has 5 nitrogen and oxygen atoms in total. The van der Waals surface area contributed by atoms with E-state index >= 15 is 0 Å². The van der Waals surface area contributed by atoms with E-state index in [0.29, 0.717) is 0 Å². The summed E-state index contributed by atoms with van der Waals surface area (Å²) in [5.74, 6) is 0.782. The first-order chi connectivity index (χ1) is 9.74. The van der Waals surface area contributed by atoms with Crippen molar-refractivity contribution in [3.05, 3.63) is 36.2 Å². The van der Waals surface area contributed by atoms with E-state index in [1.165, 1.54) is 17.3 Å². The molecule has 6 heteroatoms. The highest BCUT2D eigenvalue weighted by Gasteiger charge is 2.06. The molecule has 0 saturated carbocycles. The van der Waals surface area contributed by atoms with E-state index in [2.05, 4.69) is 44.3 Å². The molecule has 20 heavy (non-hydrogen) atoms. The molecule has 0 amide bonds. The molecule has 0 aliphatic carbocycles. The lowest BCUT2D eigenvalue weighted by Gasteiger charge is -2.02. The van der Waals surface area contributed by atoms with E-state index in [9.17, 15) is 0 Å². The molecule has 2 heterocycles. The highest BCUT2D eigenvalue weighted by Crippen LogP contribution is 2.26. The van der Waals surface area contributed by atoms with Crippen molar-refractivity contribution in [2.45, 2.75) is 24.0 Å². The maximum absolute atomic E-state index is 4.54. The first-order valence-electron chi connectivity index (χ1n) is 6.45. The number of aromatic amines is 1. The maximum atomic E-state index is 4.54. The standard InChI is InChI=1S/C14H15N5S/c1-3-16-12-7-15-8-13(19-12)20-14-17-10-5-4-9(2)6-11(10)18-14/h4-8H,3H2,1-2H3,(H,16,19)(H,17,18). The van der Waals surface area contributed by atoms with E-state index in [0.717, 1.165) is 33.6 Å². The van der Waals surface area contributed by atoms with E-state index in [4.69, 9.17) is 0 Å². The van der Waals surface area contributed by atoms with Crippen molar-refractivity contribution in [1.82, 2.24) is 19.9 Å². The van der Waals surface area contributed by atoms with Crippen molar-refractivity contribution in [2.75, 3.05) is 11.9 Å². The monoisotopic (exact) mass is 285 g/mol. The molecule has 3 rings (SSSR count).